The third-order valence-electron chi connectivity index (χ3n) is 13.4. The smallest absolute Gasteiger partial charge is 0.204 e. The second kappa shape index (κ2) is 20.8. The molecule has 346 valence electrons. The van der Waals surface area contributed by atoms with Gasteiger partial charge in [0.1, 0.15) is 28.3 Å². The summed E-state index contributed by atoms with van der Waals surface area (Å²) in [5.41, 5.74) is 8.36. The van der Waals surface area contributed by atoms with E-state index < -0.39 is 6.10 Å². The lowest BCUT2D eigenvalue weighted by atomic mass is 9.85. The van der Waals surface area contributed by atoms with Crippen LogP contribution in [0.5, 0.6) is 23.0 Å². The zero-order chi connectivity index (χ0) is 46.2. The molecule has 0 radical (unpaired) electrons. The first-order valence-corrected chi connectivity index (χ1v) is 23.8. The quantitative estimate of drug-likeness (QED) is 0.0665. The molecule has 10 nitrogen and oxygen atoms in total. The Morgan fingerprint density at radius 1 is 0.776 bits per heavy atom. The number of piperazine rings is 1. The molecule has 0 bridgehead atoms. The van der Waals surface area contributed by atoms with Crippen LogP contribution in [-0.2, 0) is 24.7 Å². The maximum absolute atomic E-state index is 14.5. The molecule has 7 aromatic rings. The number of phenols is 1. The first kappa shape index (κ1) is 45.4. The Morgan fingerprint density at radius 3 is 2.24 bits per heavy atom. The molecule has 2 aliphatic rings. The molecule has 0 amide bonds. The molecule has 10 heteroatoms. The zero-order valence-electron chi connectivity index (χ0n) is 38.6. The number of aromatic nitrogens is 1. The molecule has 2 aromatic heterocycles. The number of aromatic amines is 1. The molecule has 1 saturated carbocycles. The number of phenolic OH excluding ortho intramolecular Hbond substituents is 1. The van der Waals surface area contributed by atoms with Crippen molar-refractivity contribution in [1.82, 2.24) is 10.3 Å². The number of methoxy groups -OCH3 is 1. The van der Waals surface area contributed by atoms with Crippen molar-refractivity contribution >= 4 is 22.9 Å². The Morgan fingerprint density at radius 2 is 1.49 bits per heavy atom. The lowest BCUT2D eigenvalue weighted by Gasteiger charge is -2.30. The number of aliphatic hydroxyl groups is 1. The van der Waals surface area contributed by atoms with E-state index in [0.717, 1.165) is 48.4 Å². The van der Waals surface area contributed by atoms with Gasteiger partial charge < -0.3 is 44.0 Å². The third-order valence-corrected chi connectivity index (χ3v) is 13.4. The number of hydrogen-bond donors (Lipinski definition) is 4. The van der Waals surface area contributed by atoms with E-state index in [-0.39, 0.29) is 40.8 Å². The Balaban J connectivity index is 1.11. The second-order valence-electron chi connectivity index (χ2n) is 18.1. The molecule has 1 unspecified atom stereocenters. The molecule has 0 spiro atoms. The van der Waals surface area contributed by atoms with E-state index in [1.165, 1.54) is 48.8 Å². The van der Waals surface area contributed by atoms with Gasteiger partial charge in [-0.1, -0.05) is 117 Å². The molecule has 9 rings (SSSR count). The number of H-pyrrole nitrogens is 1. The van der Waals surface area contributed by atoms with Gasteiger partial charge in [-0.2, -0.15) is 0 Å². The topological polar surface area (TPSA) is 129 Å². The standard InChI is InChI=1S/C57H61N3O7/c1-57(28-9-10-29-57)50-37-47(56(59-50)60-32-30-58-31-33-60)43-17-11-16-41(36-43)19-25-46-52-51(48(63)38-49(67-52)42-20-23-44(61)24-21-42)54(66-35-27-45(62)22-18-39-12-5-3-6-13-39)55(64-2)53(46)65-34-26-40-14-7-4-8-15-40/h3-8,11-18,20-24,36-38,45,58-59,61-62H,9-10,19,25-35H2,1-2H3. The fraction of sp³-hybridized carbons (Fsp3) is 0.316. The Hall–Kier alpha value is -6.75. The van der Waals surface area contributed by atoms with Crippen molar-refractivity contribution in [2.45, 2.75) is 69.8 Å². The predicted molar refractivity (Wildman–Crippen MR) is 268 cm³/mol. The van der Waals surface area contributed by atoms with Crippen molar-refractivity contribution in [2.75, 3.05) is 51.4 Å². The number of aromatic hydroxyl groups is 1. The molecule has 2 fully saturated rings. The highest BCUT2D eigenvalue weighted by molar-refractivity contribution is 5.93. The van der Waals surface area contributed by atoms with E-state index in [4.69, 9.17) is 18.6 Å². The van der Waals surface area contributed by atoms with Crippen LogP contribution in [0.15, 0.2) is 137 Å². The van der Waals surface area contributed by atoms with E-state index >= 15 is 0 Å². The number of nitrogens with one attached hydrogen (secondary N) is 2. The van der Waals surface area contributed by atoms with Gasteiger partial charge in [-0.3, -0.25) is 4.79 Å². The highest BCUT2D eigenvalue weighted by Crippen LogP contribution is 2.48. The third kappa shape index (κ3) is 10.5. The number of rotatable bonds is 18. The van der Waals surface area contributed by atoms with E-state index in [1.54, 1.807) is 37.5 Å². The highest BCUT2D eigenvalue weighted by atomic mass is 16.5. The van der Waals surface area contributed by atoms with Crippen LogP contribution in [0.4, 0.5) is 5.82 Å². The summed E-state index contributed by atoms with van der Waals surface area (Å²) in [4.78, 5) is 21.0. The first-order chi connectivity index (χ1) is 32.8. The van der Waals surface area contributed by atoms with Crippen LogP contribution in [0, 0.1) is 0 Å². The summed E-state index contributed by atoms with van der Waals surface area (Å²) in [6, 6.07) is 39.2. The highest BCUT2D eigenvalue weighted by Gasteiger charge is 2.34. The van der Waals surface area contributed by atoms with Gasteiger partial charge in [0.25, 0.3) is 0 Å². The molecule has 1 aliphatic carbocycles. The Kier molecular flexibility index (Phi) is 14.1. The maximum Gasteiger partial charge on any atom is 0.204 e. The van der Waals surface area contributed by atoms with E-state index in [1.807, 2.05) is 54.6 Å². The van der Waals surface area contributed by atoms with Gasteiger partial charge in [-0.15, -0.1) is 0 Å². The van der Waals surface area contributed by atoms with Gasteiger partial charge in [-0.05, 0) is 78.3 Å². The average Bonchev–Trinajstić information content (AvgIpc) is 4.03. The zero-order valence-corrected chi connectivity index (χ0v) is 38.6. The number of benzene rings is 5. The Labute approximate surface area is 392 Å². The number of fused-ring (bicyclic) bond motifs is 1. The summed E-state index contributed by atoms with van der Waals surface area (Å²) in [5, 5.41) is 24.8. The van der Waals surface area contributed by atoms with Gasteiger partial charge in [0.2, 0.25) is 5.75 Å². The summed E-state index contributed by atoms with van der Waals surface area (Å²) in [6.07, 6.45) is 9.61. The molecule has 3 heterocycles. The van der Waals surface area contributed by atoms with Crippen molar-refractivity contribution in [3.05, 3.63) is 166 Å². The molecular weight excluding hydrogens is 839 g/mol. The summed E-state index contributed by atoms with van der Waals surface area (Å²) in [7, 11) is 1.56. The minimum Gasteiger partial charge on any atom is -0.508 e. The van der Waals surface area contributed by atoms with E-state index in [2.05, 4.69) is 64.6 Å². The fourth-order valence-electron chi connectivity index (χ4n) is 9.64. The van der Waals surface area contributed by atoms with Crippen LogP contribution < -0.4 is 29.9 Å². The van der Waals surface area contributed by atoms with E-state index in [0.29, 0.717) is 59.8 Å². The average molecular weight is 900 g/mol. The number of anilines is 1. The molecule has 1 saturated heterocycles. The normalized spacial score (nSPS) is 15.3. The number of hydrogen-bond acceptors (Lipinski definition) is 9. The van der Waals surface area contributed by atoms with Crippen LogP contribution >= 0.6 is 0 Å². The monoisotopic (exact) mass is 899 g/mol. The lowest BCUT2D eigenvalue weighted by Crippen LogP contribution is -2.43. The van der Waals surface area contributed by atoms with Crippen LogP contribution in [0.25, 0.3) is 39.5 Å². The number of aryl methyl sites for hydroxylation is 2. The molecule has 67 heavy (non-hydrogen) atoms. The van der Waals surface area contributed by atoms with Gasteiger partial charge in [0, 0.05) is 72.9 Å². The second-order valence-corrected chi connectivity index (χ2v) is 18.1. The van der Waals surface area contributed by atoms with Crippen molar-refractivity contribution in [2.24, 2.45) is 0 Å². The van der Waals surface area contributed by atoms with Gasteiger partial charge in [-0.25, -0.2) is 0 Å². The molecular formula is C57H61N3O7. The molecule has 4 N–H and O–H groups in total. The fourth-order valence-corrected chi connectivity index (χ4v) is 9.64. The number of ether oxygens (including phenoxy) is 3. The van der Waals surface area contributed by atoms with Crippen LogP contribution in [-0.4, -0.2) is 67.8 Å². The summed E-state index contributed by atoms with van der Waals surface area (Å²) < 4.78 is 26.3. The first-order valence-electron chi connectivity index (χ1n) is 23.8. The number of aliphatic hydroxyl groups excluding tert-OH is 1. The summed E-state index contributed by atoms with van der Waals surface area (Å²) in [6.45, 7) is 6.57. The van der Waals surface area contributed by atoms with Gasteiger partial charge >= 0.3 is 0 Å². The SMILES string of the molecule is COc1c(OCCc2ccccc2)c(CCc2cccc(-c3cc(C4(C)CCCC4)[nH]c3N3CCNCC3)c2)c2oc(-c3ccc(O)cc3)cc(=O)c2c1OCCC(O)C=Cc1ccccc1. The molecule has 1 aliphatic heterocycles. The molecule has 1 atom stereocenters. The Bertz CT molecular complexity index is 2840. The molecule has 5 aromatic carbocycles. The van der Waals surface area contributed by atoms with Crippen molar-refractivity contribution in [3.63, 3.8) is 0 Å². The largest absolute Gasteiger partial charge is 0.508 e. The van der Waals surface area contributed by atoms with E-state index in [9.17, 15) is 15.0 Å². The summed E-state index contributed by atoms with van der Waals surface area (Å²) in [5.74, 6) is 2.56. The van der Waals surface area contributed by atoms with Gasteiger partial charge in [0.15, 0.2) is 16.9 Å². The maximum atomic E-state index is 14.5. The van der Waals surface area contributed by atoms with Crippen molar-refractivity contribution in [3.8, 4) is 45.4 Å². The minimum absolute atomic E-state index is 0.0798. The number of nitrogens with zero attached hydrogens (tertiary/aromatic N) is 1. The van der Waals surface area contributed by atoms with Crippen LogP contribution in [0.1, 0.15) is 67.0 Å². The van der Waals surface area contributed by atoms with Crippen LogP contribution in [0.2, 0.25) is 0 Å². The summed E-state index contributed by atoms with van der Waals surface area (Å²) >= 11 is 0. The minimum atomic E-state index is -0.803. The predicted octanol–water partition coefficient (Wildman–Crippen LogP) is 10.7. The van der Waals surface area contributed by atoms with Gasteiger partial charge in [0.05, 0.1) is 26.4 Å². The van der Waals surface area contributed by atoms with Crippen LogP contribution in [0.3, 0.4) is 0 Å². The van der Waals surface area contributed by atoms with Crippen molar-refractivity contribution in [1.29, 1.82) is 0 Å². The van der Waals surface area contributed by atoms with Crippen molar-refractivity contribution < 1.29 is 28.8 Å². The lowest BCUT2D eigenvalue weighted by molar-refractivity contribution is 0.176.